The molecule has 1 aliphatic heterocycles. The van der Waals surface area contributed by atoms with Crippen molar-refractivity contribution >= 4 is 5.69 Å². The third-order valence-electron chi connectivity index (χ3n) is 5.12. The van der Waals surface area contributed by atoms with Gasteiger partial charge in [-0.2, -0.15) is 0 Å². The van der Waals surface area contributed by atoms with Gasteiger partial charge in [0, 0.05) is 24.3 Å². The third kappa shape index (κ3) is 2.85. The van der Waals surface area contributed by atoms with E-state index in [2.05, 4.69) is 41.4 Å². The second-order valence-electron chi connectivity index (χ2n) is 6.53. The molecule has 1 aromatic rings. The van der Waals surface area contributed by atoms with E-state index in [1.165, 1.54) is 69.4 Å². The summed E-state index contributed by atoms with van der Waals surface area (Å²) < 4.78 is 0. The molecule has 0 radical (unpaired) electrons. The lowest BCUT2D eigenvalue weighted by atomic mass is 9.81. The Labute approximate surface area is 123 Å². The topological polar surface area (TPSA) is 15.3 Å². The molecule has 1 heterocycles. The molecule has 0 atom stereocenters. The Hall–Kier alpha value is -1.02. The highest BCUT2D eigenvalue weighted by Crippen LogP contribution is 2.33. The molecule has 1 aromatic carbocycles. The molecule has 1 saturated carbocycles. The van der Waals surface area contributed by atoms with E-state index in [0.717, 1.165) is 6.42 Å². The molecule has 1 aliphatic carbocycles. The quantitative estimate of drug-likeness (QED) is 0.882. The van der Waals surface area contributed by atoms with Gasteiger partial charge in [-0.1, -0.05) is 44.4 Å². The number of hydrogen-bond acceptors (Lipinski definition) is 2. The van der Waals surface area contributed by atoms with Crippen LogP contribution in [0.25, 0.3) is 0 Å². The number of para-hydroxylation sites is 1. The highest BCUT2D eigenvalue weighted by molar-refractivity contribution is 5.54. The first-order valence-corrected chi connectivity index (χ1v) is 8.41. The Bertz CT molecular complexity index is 435. The monoisotopic (exact) mass is 272 g/mol. The maximum atomic E-state index is 3.89. The van der Waals surface area contributed by atoms with Crippen molar-refractivity contribution < 1.29 is 0 Å². The van der Waals surface area contributed by atoms with E-state index in [-0.39, 0.29) is 0 Å². The van der Waals surface area contributed by atoms with Crippen LogP contribution >= 0.6 is 0 Å². The highest BCUT2D eigenvalue weighted by atomic mass is 15.2. The van der Waals surface area contributed by atoms with Crippen LogP contribution < -0.4 is 10.2 Å². The lowest BCUT2D eigenvalue weighted by molar-refractivity contribution is 0.246. The molecule has 0 unspecified atom stereocenters. The zero-order valence-corrected chi connectivity index (χ0v) is 12.8. The molecular weight excluding hydrogens is 244 g/mol. The van der Waals surface area contributed by atoms with Crippen molar-refractivity contribution in [1.82, 2.24) is 5.32 Å². The average molecular weight is 272 g/mol. The normalized spacial score (nSPS) is 22.8. The molecule has 1 spiro atoms. The number of hydrogen-bond donors (Lipinski definition) is 1. The Balaban J connectivity index is 1.84. The van der Waals surface area contributed by atoms with E-state index in [1.807, 2.05) is 0 Å². The minimum absolute atomic E-state index is 0.385. The Morgan fingerprint density at radius 1 is 1.10 bits per heavy atom. The lowest BCUT2D eigenvalue weighted by Gasteiger charge is -2.41. The molecule has 20 heavy (non-hydrogen) atoms. The van der Waals surface area contributed by atoms with Gasteiger partial charge >= 0.3 is 0 Å². The van der Waals surface area contributed by atoms with Crippen LogP contribution in [0.2, 0.25) is 0 Å². The van der Waals surface area contributed by atoms with E-state index >= 15 is 0 Å². The van der Waals surface area contributed by atoms with Crippen LogP contribution in [0.3, 0.4) is 0 Å². The van der Waals surface area contributed by atoms with Gasteiger partial charge in [-0.15, -0.1) is 0 Å². The first-order valence-electron chi connectivity index (χ1n) is 8.41. The molecule has 2 fully saturated rings. The standard InChI is InChI=1S/C18H28N2/c1-2-16-9-4-5-10-17(16)20-14-8-13-19-18(15-20)11-6-3-7-12-18/h4-5,9-10,19H,2-3,6-8,11-15H2,1H3. The summed E-state index contributed by atoms with van der Waals surface area (Å²) in [6.07, 6.45) is 9.34. The average Bonchev–Trinajstić information content (AvgIpc) is 2.71. The van der Waals surface area contributed by atoms with E-state index in [0.29, 0.717) is 5.54 Å². The molecule has 0 aromatic heterocycles. The van der Waals surface area contributed by atoms with Gasteiger partial charge in [0.15, 0.2) is 0 Å². The Morgan fingerprint density at radius 2 is 1.90 bits per heavy atom. The van der Waals surface area contributed by atoms with Crippen molar-refractivity contribution in [3.8, 4) is 0 Å². The van der Waals surface area contributed by atoms with Crippen LogP contribution in [0, 0.1) is 0 Å². The molecule has 2 heteroatoms. The predicted molar refractivity (Wildman–Crippen MR) is 86.5 cm³/mol. The largest absolute Gasteiger partial charge is 0.369 e. The van der Waals surface area contributed by atoms with Gasteiger partial charge in [-0.3, -0.25) is 0 Å². The smallest absolute Gasteiger partial charge is 0.0399 e. The fourth-order valence-corrected chi connectivity index (χ4v) is 4.01. The SMILES string of the molecule is CCc1ccccc1N1CCCNC2(CCCCC2)C1. The zero-order chi connectivity index (χ0) is 13.8. The summed E-state index contributed by atoms with van der Waals surface area (Å²) in [5, 5.41) is 3.89. The fourth-order valence-electron chi connectivity index (χ4n) is 4.01. The molecule has 110 valence electrons. The van der Waals surface area contributed by atoms with Crippen molar-refractivity contribution in [2.75, 3.05) is 24.5 Å². The van der Waals surface area contributed by atoms with Crippen LogP contribution in [-0.2, 0) is 6.42 Å². The van der Waals surface area contributed by atoms with E-state index in [4.69, 9.17) is 0 Å². The van der Waals surface area contributed by atoms with Gasteiger partial charge < -0.3 is 10.2 Å². The van der Waals surface area contributed by atoms with Gasteiger partial charge in [0.25, 0.3) is 0 Å². The van der Waals surface area contributed by atoms with Gasteiger partial charge in [-0.05, 0) is 43.9 Å². The van der Waals surface area contributed by atoms with Crippen LogP contribution in [0.15, 0.2) is 24.3 Å². The minimum atomic E-state index is 0.385. The van der Waals surface area contributed by atoms with Gasteiger partial charge in [0.05, 0.1) is 0 Å². The summed E-state index contributed by atoms with van der Waals surface area (Å²) in [5.41, 5.74) is 3.36. The summed E-state index contributed by atoms with van der Waals surface area (Å²) in [7, 11) is 0. The maximum absolute atomic E-state index is 3.89. The number of nitrogens with zero attached hydrogens (tertiary/aromatic N) is 1. The summed E-state index contributed by atoms with van der Waals surface area (Å²) in [4.78, 5) is 2.66. The van der Waals surface area contributed by atoms with Crippen molar-refractivity contribution in [2.45, 2.75) is 57.4 Å². The third-order valence-corrected chi connectivity index (χ3v) is 5.12. The Kier molecular flexibility index (Phi) is 4.30. The molecule has 1 N–H and O–H groups in total. The summed E-state index contributed by atoms with van der Waals surface area (Å²) >= 11 is 0. The molecule has 0 bridgehead atoms. The lowest BCUT2D eigenvalue weighted by Crippen LogP contribution is -2.52. The zero-order valence-electron chi connectivity index (χ0n) is 12.8. The van der Waals surface area contributed by atoms with Gasteiger partial charge in [0.2, 0.25) is 0 Å². The summed E-state index contributed by atoms with van der Waals surface area (Å²) in [6, 6.07) is 8.98. The second kappa shape index (κ2) is 6.17. The highest BCUT2D eigenvalue weighted by Gasteiger charge is 2.35. The first kappa shape index (κ1) is 13.9. The molecular formula is C18H28N2. The van der Waals surface area contributed by atoms with Crippen LogP contribution in [-0.4, -0.2) is 25.2 Å². The molecule has 2 aliphatic rings. The fraction of sp³-hybridized carbons (Fsp3) is 0.667. The van der Waals surface area contributed by atoms with Crippen LogP contribution in [0.1, 0.15) is 51.0 Å². The number of benzene rings is 1. The van der Waals surface area contributed by atoms with E-state index < -0.39 is 0 Å². The Morgan fingerprint density at radius 3 is 2.70 bits per heavy atom. The van der Waals surface area contributed by atoms with Crippen molar-refractivity contribution in [1.29, 1.82) is 0 Å². The predicted octanol–water partition coefficient (Wildman–Crippen LogP) is 3.75. The van der Waals surface area contributed by atoms with E-state index in [1.54, 1.807) is 0 Å². The van der Waals surface area contributed by atoms with Gasteiger partial charge in [0.1, 0.15) is 0 Å². The minimum Gasteiger partial charge on any atom is -0.369 e. The van der Waals surface area contributed by atoms with Gasteiger partial charge in [-0.25, -0.2) is 0 Å². The van der Waals surface area contributed by atoms with Crippen LogP contribution in [0.4, 0.5) is 5.69 Å². The van der Waals surface area contributed by atoms with Crippen LogP contribution in [0.5, 0.6) is 0 Å². The maximum Gasteiger partial charge on any atom is 0.0399 e. The van der Waals surface area contributed by atoms with Crippen molar-refractivity contribution in [3.63, 3.8) is 0 Å². The van der Waals surface area contributed by atoms with Crippen molar-refractivity contribution in [2.24, 2.45) is 0 Å². The first-order chi connectivity index (χ1) is 9.83. The summed E-state index contributed by atoms with van der Waals surface area (Å²) in [6.45, 7) is 5.85. The molecule has 0 amide bonds. The summed E-state index contributed by atoms with van der Waals surface area (Å²) in [5.74, 6) is 0. The number of anilines is 1. The van der Waals surface area contributed by atoms with Crippen molar-refractivity contribution in [3.05, 3.63) is 29.8 Å². The second-order valence-corrected chi connectivity index (χ2v) is 6.53. The number of aryl methyl sites for hydroxylation is 1. The number of nitrogens with one attached hydrogen (secondary N) is 1. The molecule has 2 nitrogen and oxygen atoms in total. The molecule has 3 rings (SSSR count). The number of rotatable bonds is 2. The molecule has 1 saturated heterocycles. The van der Waals surface area contributed by atoms with E-state index in [9.17, 15) is 0 Å².